The number of hydrogen-bond acceptors (Lipinski definition) is 3. The Morgan fingerprint density at radius 2 is 1.64 bits per heavy atom. The lowest BCUT2D eigenvalue weighted by molar-refractivity contribution is -0.135. The maximum atomic E-state index is 12.9. The summed E-state index contributed by atoms with van der Waals surface area (Å²) in [5.74, 6) is 0.667. The van der Waals surface area contributed by atoms with Crippen LogP contribution in [0.25, 0.3) is 0 Å². The Morgan fingerprint density at radius 1 is 1.05 bits per heavy atom. The minimum Gasteiger partial charge on any atom is -0.323 e. The minimum atomic E-state index is -0.605. The zero-order chi connectivity index (χ0) is 15.9. The fraction of sp³-hybridized carbons (Fsp3) is 0.882. The summed E-state index contributed by atoms with van der Waals surface area (Å²) >= 11 is 0. The van der Waals surface area contributed by atoms with Crippen molar-refractivity contribution >= 4 is 11.9 Å². The van der Waals surface area contributed by atoms with Gasteiger partial charge in [-0.2, -0.15) is 0 Å². The predicted molar refractivity (Wildman–Crippen MR) is 85.2 cm³/mol. The number of imide groups is 1. The van der Waals surface area contributed by atoms with Gasteiger partial charge in [0, 0.05) is 12.1 Å². The molecule has 124 valence electrons. The van der Waals surface area contributed by atoms with Crippen molar-refractivity contribution in [3.63, 3.8) is 0 Å². The second-order valence-corrected chi connectivity index (χ2v) is 7.71. The van der Waals surface area contributed by atoms with E-state index in [1.807, 2.05) is 0 Å². The van der Waals surface area contributed by atoms with Gasteiger partial charge < -0.3 is 5.32 Å². The van der Waals surface area contributed by atoms with E-state index in [0.717, 1.165) is 38.5 Å². The van der Waals surface area contributed by atoms with Crippen molar-refractivity contribution in [2.45, 2.75) is 83.3 Å². The Bertz CT molecular complexity index is 447. The summed E-state index contributed by atoms with van der Waals surface area (Å²) in [6.45, 7) is 7.08. The molecule has 0 aromatic heterocycles. The Hall–Kier alpha value is -1.10. The summed E-state index contributed by atoms with van der Waals surface area (Å²) in [4.78, 5) is 29.1. The highest BCUT2D eigenvalue weighted by molar-refractivity contribution is 6.07. The SMILES string of the molecule is CC1CCC2(CC1)NC(=O)N(CN1[C@H](C)CCC[C@@H]1C)C2=O. The van der Waals surface area contributed by atoms with Crippen molar-refractivity contribution < 1.29 is 9.59 Å². The Balaban J connectivity index is 1.72. The number of nitrogens with zero attached hydrogens (tertiary/aromatic N) is 2. The molecule has 0 bridgehead atoms. The maximum Gasteiger partial charge on any atom is 0.326 e. The summed E-state index contributed by atoms with van der Waals surface area (Å²) in [6, 6.07) is 0.684. The first-order valence-electron chi connectivity index (χ1n) is 8.83. The van der Waals surface area contributed by atoms with E-state index < -0.39 is 5.54 Å². The van der Waals surface area contributed by atoms with Crippen LogP contribution in [0, 0.1) is 5.92 Å². The highest BCUT2D eigenvalue weighted by atomic mass is 16.2. The molecule has 3 amide bonds. The number of rotatable bonds is 2. The second kappa shape index (κ2) is 5.84. The molecule has 2 atom stereocenters. The second-order valence-electron chi connectivity index (χ2n) is 7.71. The fourth-order valence-corrected chi connectivity index (χ4v) is 4.32. The van der Waals surface area contributed by atoms with E-state index in [2.05, 4.69) is 31.0 Å². The lowest BCUT2D eigenvalue weighted by atomic mass is 9.77. The van der Waals surface area contributed by atoms with E-state index in [-0.39, 0.29) is 11.9 Å². The number of nitrogens with one attached hydrogen (secondary N) is 1. The smallest absolute Gasteiger partial charge is 0.323 e. The Morgan fingerprint density at radius 3 is 2.23 bits per heavy atom. The van der Waals surface area contributed by atoms with Gasteiger partial charge in [0.15, 0.2) is 0 Å². The van der Waals surface area contributed by atoms with Crippen LogP contribution >= 0.6 is 0 Å². The van der Waals surface area contributed by atoms with Gasteiger partial charge >= 0.3 is 6.03 Å². The highest BCUT2D eigenvalue weighted by Gasteiger charge is 2.52. The number of carbonyl (C=O) groups is 2. The van der Waals surface area contributed by atoms with Crippen LogP contribution in [-0.2, 0) is 4.79 Å². The number of urea groups is 1. The normalized spacial score (nSPS) is 40.3. The number of amides is 3. The average Bonchev–Trinajstić information content (AvgIpc) is 2.70. The first-order chi connectivity index (χ1) is 10.4. The van der Waals surface area contributed by atoms with Crippen molar-refractivity contribution in [3.05, 3.63) is 0 Å². The monoisotopic (exact) mass is 307 g/mol. The summed E-state index contributed by atoms with van der Waals surface area (Å²) in [5, 5.41) is 3.02. The third kappa shape index (κ3) is 2.64. The lowest BCUT2D eigenvalue weighted by Gasteiger charge is -2.40. The van der Waals surface area contributed by atoms with E-state index in [9.17, 15) is 9.59 Å². The molecule has 5 nitrogen and oxygen atoms in total. The molecular formula is C17H29N3O2. The quantitative estimate of drug-likeness (QED) is 0.798. The summed E-state index contributed by atoms with van der Waals surface area (Å²) in [7, 11) is 0. The van der Waals surface area contributed by atoms with Gasteiger partial charge in [0.25, 0.3) is 5.91 Å². The zero-order valence-electron chi connectivity index (χ0n) is 14.1. The molecule has 1 aliphatic carbocycles. The summed E-state index contributed by atoms with van der Waals surface area (Å²) < 4.78 is 0. The first kappa shape index (κ1) is 15.8. The van der Waals surface area contributed by atoms with Crippen LogP contribution in [0.1, 0.15) is 65.7 Å². The largest absolute Gasteiger partial charge is 0.326 e. The van der Waals surface area contributed by atoms with Gasteiger partial charge in [0.2, 0.25) is 0 Å². The van der Waals surface area contributed by atoms with Crippen LogP contribution in [0.15, 0.2) is 0 Å². The van der Waals surface area contributed by atoms with Gasteiger partial charge in [-0.15, -0.1) is 0 Å². The van der Waals surface area contributed by atoms with E-state index in [4.69, 9.17) is 0 Å². The van der Waals surface area contributed by atoms with E-state index in [1.54, 1.807) is 0 Å². The van der Waals surface area contributed by atoms with Gasteiger partial charge in [-0.05, 0) is 58.3 Å². The Kier molecular flexibility index (Phi) is 4.19. The molecule has 1 N–H and O–H groups in total. The van der Waals surface area contributed by atoms with Crippen LogP contribution < -0.4 is 5.32 Å². The predicted octanol–water partition coefficient (Wildman–Crippen LogP) is 2.71. The van der Waals surface area contributed by atoms with Gasteiger partial charge in [0.1, 0.15) is 5.54 Å². The topological polar surface area (TPSA) is 52.7 Å². The molecule has 0 aromatic rings. The van der Waals surface area contributed by atoms with Crippen LogP contribution in [0.5, 0.6) is 0 Å². The van der Waals surface area contributed by atoms with Crippen molar-refractivity contribution in [2.75, 3.05) is 6.67 Å². The number of likely N-dealkylation sites (tertiary alicyclic amines) is 1. The van der Waals surface area contributed by atoms with Crippen LogP contribution in [0.2, 0.25) is 0 Å². The molecule has 2 aliphatic heterocycles. The zero-order valence-corrected chi connectivity index (χ0v) is 14.1. The molecule has 1 spiro atoms. The fourth-order valence-electron chi connectivity index (χ4n) is 4.32. The van der Waals surface area contributed by atoms with Gasteiger partial charge in [-0.1, -0.05) is 13.3 Å². The van der Waals surface area contributed by atoms with Crippen molar-refractivity contribution in [1.82, 2.24) is 15.1 Å². The van der Waals surface area contributed by atoms with Crippen molar-refractivity contribution in [2.24, 2.45) is 5.92 Å². The lowest BCUT2D eigenvalue weighted by Crippen LogP contribution is -2.52. The van der Waals surface area contributed by atoms with E-state index >= 15 is 0 Å². The molecule has 3 aliphatic rings. The molecule has 3 rings (SSSR count). The third-order valence-electron chi connectivity index (χ3n) is 6.05. The van der Waals surface area contributed by atoms with Gasteiger partial charge in [-0.25, -0.2) is 9.69 Å². The average molecular weight is 307 g/mol. The minimum absolute atomic E-state index is 0.00868. The molecular weight excluding hydrogens is 278 g/mol. The van der Waals surface area contributed by atoms with Crippen LogP contribution in [-0.4, -0.2) is 46.0 Å². The van der Waals surface area contributed by atoms with E-state index in [1.165, 1.54) is 11.3 Å². The molecule has 2 saturated heterocycles. The van der Waals surface area contributed by atoms with Crippen LogP contribution in [0.4, 0.5) is 4.79 Å². The number of carbonyl (C=O) groups excluding carboxylic acids is 2. The maximum absolute atomic E-state index is 12.9. The molecule has 1 saturated carbocycles. The van der Waals surface area contributed by atoms with Crippen LogP contribution in [0.3, 0.4) is 0 Å². The molecule has 2 heterocycles. The molecule has 0 radical (unpaired) electrons. The van der Waals surface area contributed by atoms with Crippen molar-refractivity contribution in [1.29, 1.82) is 0 Å². The number of hydrogen-bond donors (Lipinski definition) is 1. The summed E-state index contributed by atoms with van der Waals surface area (Å²) in [5.41, 5.74) is -0.605. The first-order valence-corrected chi connectivity index (χ1v) is 8.83. The molecule has 0 unspecified atom stereocenters. The Labute approximate surface area is 133 Å². The molecule has 5 heteroatoms. The van der Waals surface area contributed by atoms with Gasteiger partial charge in [0.05, 0.1) is 6.67 Å². The third-order valence-corrected chi connectivity index (χ3v) is 6.05. The number of piperidine rings is 1. The molecule has 22 heavy (non-hydrogen) atoms. The molecule has 3 fully saturated rings. The standard InChI is InChI=1S/C17H29N3O2/c1-12-7-9-17(10-8-12)15(21)20(16(22)18-17)11-19-13(2)5-4-6-14(19)3/h12-14H,4-11H2,1-3H3,(H,18,22)/t12?,13-,14+,17?. The van der Waals surface area contributed by atoms with Crippen molar-refractivity contribution in [3.8, 4) is 0 Å². The van der Waals surface area contributed by atoms with Gasteiger partial charge in [-0.3, -0.25) is 9.69 Å². The highest BCUT2D eigenvalue weighted by Crippen LogP contribution is 2.36. The van der Waals surface area contributed by atoms with E-state index in [0.29, 0.717) is 24.7 Å². The summed E-state index contributed by atoms with van der Waals surface area (Å²) in [6.07, 6.45) is 7.17. The molecule has 0 aromatic carbocycles.